The second kappa shape index (κ2) is 6.25. The second-order valence-corrected chi connectivity index (χ2v) is 6.34. The summed E-state index contributed by atoms with van der Waals surface area (Å²) in [5.74, 6) is -0.101. The van der Waals surface area contributed by atoms with Crippen LogP contribution >= 0.6 is 0 Å². The van der Waals surface area contributed by atoms with Crippen molar-refractivity contribution < 1.29 is 27.4 Å². The fourth-order valence-electron chi connectivity index (χ4n) is 2.14. The molecule has 0 bridgehead atoms. The number of nitrogens with zero attached hydrogens (tertiary/aromatic N) is 2. The fourth-order valence-corrected chi connectivity index (χ4v) is 2.14. The number of rotatable bonds is 2. The summed E-state index contributed by atoms with van der Waals surface area (Å²) in [6, 6.07) is 1.74. The van der Waals surface area contributed by atoms with Crippen molar-refractivity contribution in [2.24, 2.45) is 0 Å². The maximum Gasteiger partial charge on any atom is 0.416 e. The molecule has 1 aliphatic rings. The van der Waals surface area contributed by atoms with E-state index in [-0.39, 0.29) is 12.4 Å². The number of amides is 1. The number of hydrogen-bond acceptors (Lipinski definition) is 4. The molecule has 5 nitrogen and oxygen atoms in total. The smallest absolute Gasteiger partial charge is 0.416 e. The lowest BCUT2D eigenvalue weighted by Crippen LogP contribution is -2.36. The van der Waals surface area contributed by atoms with Gasteiger partial charge in [-0.25, -0.2) is 9.78 Å². The molecule has 0 spiro atoms. The highest BCUT2D eigenvalue weighted by atomic mass is 19.4. The van der Waals surface area contributed by atoms with Gasteiger partial charge in [-0.2, -0.15) is 13.2 Å². The quantitative estimate of drug-likeness (QED) is 0.832. The number of hydrogen-bond donors (Lipinski definition) is 0. The number of likely N-dealkylation sites (tertiary alicyclic amines) is 1. The number of halogens is 3. The van der Waals surface area contributed by atoms with Crippen LogP contribution in [0.4, 0.5) is 18.0 Å². The zero-order valence-electron chi connectivity index (χ0n) is 13.2. The Kier molecular flexibility index (Phi) is 4.72. The third-order valence-corrected chi connectivity index (χ3v) is 3.15. The van der Waals surface area contributed by atoms with E-state index >= 15 is 0 Å². The summed E-state index contributed by atoms with van der Waals surface area (Å²) in [6.45, 7) is 5.98. The van der Waals surface area contributed by atoms with E-state index in [0.717, 1.165) is 18.3 Å². The van der Waals surface area contributed by atoms with Gasteiger partial charge in [0.1, 0.15) is 11.7 Å². The average molecular weight is 332 g/mol. The summed E-state index contributed by atoms with van der Waals surface area (Å²) in [4.78, 5) is 17.2. The summed E-state index contributed by atoms with van der Waals surface area (Å²) in [5.41, 5.74) is -1.41. The normalized spacial score (nSPS) is 18.9. The molecule has 1 atom stereocenters. The van der Waals surface area contributed by atoms with Gasteiger partial charge in [0.25, 0.3) is 0 Å². The molecule has 1 saturated heterocycles. The SMILES string of the molecule is CC(C)(C)OC(=O)N1CC[C@H](Oc2cc(C(F)(F)F)ccn2)C1. The van der Waals surface area contributed by atoms with Crippen molar-refractivity contribution in [2.45, 2.75) is 45.1 Å². The standard InChI is InChI=1S/C15H19F3N2O3/c1-14(2,3)23-13(21)20-7-5-11(9-20)22-12-8-10(4-6-19-12)15(16,17)18/h4,6,8,11H,5,7,9H2,1-3H3/t11-/m0/s1. The Morgan fingerprint density at radius 3 is 2.65 bits per heavy atom. The van der Waals surface area contributed by atoms with Gasteiger partial charge in [0, 0.05) is 25.2 Å². The van der Waals surface area contributed by atoms with Gasteiger partial charge in [-0.3, -0.25) is 0 Å². The highest BCUT2D eigenvalue weighted by Gasteiger charge is 2.33. The summed E-state index contributed by atoms with van der Waals surface area (Å²) < 4.78 is 48.7. The fraction of sp³-hybridized carbons (Fsp3) is 0.600. The zero-order valence-corrected chi connectivity index (χ0v) is 13.2. The Bertz CT molecular complexity index is 570. The van der Waals surface area contributed by atoms with Crippen LogP contribution in [-0.2, 0) is 10.9 Å². The zero-order chi connectivity index (χ0) is 17.3. The van der Waals surface area contributed by atoms with Crippen LogP contribution in [0.25, 0.3) is 0 Å². The number of carbonyl (C=O) groups excluding carboxylic acids is 1. The van der Waals surface area contributed by atoms with E-state index < -0.39 is 29.5 Å². The van der Waals surface area contributed by atoms with Crippen molar-refractivity contribution in [2.75, 3.05) is 13.1 Å². The van der Waals surface area contributed by atoms with E-state index in [9.17, 15) is 18.0 Å². The molecule has 2 heterocycles. The van der Waals surface area contributed by atoms with Crippen molar-refractivity contribution in [1.29, 1.82) is 0 Å². The van der Waals surface area contributed by atoms with Crippen molar-refractivity contribution in [3.63, 3.8) is 0 Å². The van der Waals surface area contributed by atoms with E-state index in [0.29, 0.717) is 13.0 Å². The predicted molar refractivity (Wildman–Crippen MR) is 76.1 cm³/mol. The van der Waals surface area contributed by atoms with Gasteiger partial charge in [-0.15, -0.1) is 0 Å². The molecule has 0 aromatic carbocycles. The minimum absolute atomic E-state index is 0.101. The first-order valence-corrected chi connectivity index (χ1v) is 7.22. The van der Waals surface area contributed by atoms with Gasteiger partial charge in [-0.05, 0) is 26.8 Å². The lowest BCUT2D eigenvalue weighted by molar-refractivity contribution is -0.137. The van der Waals surface area contributed by atoms with Crippen LogP contribution in [0.3, 0.4) is 0 Å². The Morgan fingerprint density at radius 2 is 2.04 bits per heavy atom. The highest BCUT2D eigenvalue weighted by Crippen LogP contribution is 2.31. The number of alkyl halides is 3. The molecule has 23 heavy (non-hydrogen) atoms. The lowest BCUT2D eigenvalue weighted by Gasteiger charge is -2.24. The van der Waals surface area contributed by atoms with Crippen molar-refractivity contribution in [3.8, 4) is 5.88 Å². The molecular formula is C15H19F3N2O3. The number of aromatic nitrogens is 1. The first-order valence-electron chi connectivity index (χ1n) is 7.22. The van der Waals surface area contributed by atoms with E-state index in [1.165, 1.54) is 4.90 Å². The number of ether oxygens (including phenoxy) is 2. The van der Waals surface area contributed by atoms with E-state index in [2.05, 4.69) is 4.98 Å². The molecular weight excluding hydrogens is 313 g/mol. The Morgan fingerprint density at radius 1 is 1.35 bits per heavy atom. The Balaban J connectivity index is 1.95. The Hall–Kier alpha value is -1.99. The van der Waals surface area contributed by atoms with E-state index in [1.807, 2.05) is 0 Å². The van der Waals surface area contributed by atoms with Crippen LogP contribution in [0.1, 0.15) is 32.8 Å². The summed E-state index contributed by atoms with van der Waals surface area (Å²) >= 11 is 0. The lowest BCUT2D eigenvalue weighted by atomic mass is 10.2. The van der Waals surface area contributed by atoms with Gasteiger partial charge >= 0.3 is 12.3 Å². The summed E-state index contributed by atoms with van der Waals surface area (Å²) in [7, 11) is 0. The molecule has 8 heteroatoms. The average Bonchev–Trinajstić information content (AvgIpc) is 2.85. The third-order valence-electron chi connectivity index (χ3n) is 3.15. The van der Waals surface area contributed by atoms with Gasteiger partial charge < -0.3 is 14.4 Å². The topological polar surface area (TPSA) is 51.7 Å². The van der Waals surface area contributed by atoms with Crippen LogP contribution in [0, 0.1) is 0 Å². The van der Waals surface area contributed by atoms with Crippen LogP contribution in [-0.4, -0.2) is 40.8 Å². The van der Waals surface area contributed by atoms with Gasteiger partial charge in [-0.1, -0.05) is 0 Å². The van der Waals surface area contributed by atoms with Crippen LogP contribution in [0.15, 0.2) is 18.3 Å². The van der Waals surface area contributed by atoms with Crippen molar-refractivity contribution in [1.82, 2.24) is 9.88 Å². The molecule has 1 aliphatic heterocycles. The van der Waals surface area contributed by atoms with Crippen molar-refractivity contribution >= 4 is 6.09 Å². The predicted octanol–water partition coefficient (Wildman–Crippen LogP) is 3.49. The molecule has 0 N–H and O–H groups in total. The van der Waals surface area contributed by atoms with Crippen molar-refractivity contribution in [3.05, 3.63) is 23.9 Å². The molecule has 2 rings (SSSR count). The Labute approximate surface area is 132 Å². The molecule has 1 fully saturated rings. The first-order chi connectivity index (χ1) is 10.5. The minimum atomic E-state index is -4.45. The largest absolute Gasteiger partial charge is 0.472 e. The van der Waals surface area contributed by atoms with E-state index in [1.54, 1.807) is 20.8 Å². The second-order valence-electron chi connectivity index (χ2n) is 6.34. The monoisotopic (exact) mass is 332 g/mol. The highest BCUT2D eigenvalue weighted by molar-refractivity contribution is 5.68. The molecule has 0 saturated carbocycles. The number of carbonyl (C=O) groups is 1. The number of pyridine rings is 1. The van der Waals surface area contributed by atoms with Crippen LogP contribution in [0.2, 0.25) is 0 Å². The molecule has 0 unspecified atom stereocenters. The van der Waals surface area contributed by atoms with E-state index in [4.69, 9.17) is 9.47 Å². The third kappa shape index (κ3) is 5.01. The maximum atomic E-state index is 12.7. The van der Waals surface area contributed by atoms with Gasteiger partial charge in [0.15, 0.2) is 0 Å². The van der Waals surface area contributed by atoms with Crippen LogP contribution in [0.5, 0.6) is 5.88 Å². The molecule has 128 valence electrons. The summed E-state index contributed by atoms with van der Waals surface area (Å²) in [6.07, 6.45) is -3.74. The van der Waals surface area contributed by atoms with Crippen LogP contribution < -0.4 is 4.74 Å². The molecule has 1 amide bonds. The summed E-state index contributed by atoms with van der Waals surface area (Å²) in [5, 5.41) is 0. The maximum absolute atomic E-state index is 12.7. The molecule has 1 aromatic heterocycles. The molecule has 1 aromatic rings. The van der Waals surface area contributed by atoms with Gasteiger partial charge in [0.2, 0.25) is 5.88 Å². The van der Waals surface area contributed by atoms with Gasteiger partial charge in [0.05, 0.1) is 12.1 Å². The molecule has 0 aliphatic carbocycles. The molecule has 0 radical (unpaired) electrons. The minimum Gasteiger partial charge on any atom is -0.472 e. The first kappa shape index (κ1) is 17.4.